The minimum Gasteiger partial charge on any atom is -0.379 e. The van der Waals surface area contributed by atoms with Gasteiger partial charge in [-0.15, -0.1) is 23.7 Å². The van der Waals surface area contributed by atoms with Crippen LogP contribution < -0.4 is 4.90 Å². The third-order valence-electron chi connectivity index (χ3n) is 5.10. The number of nitrogens with zero attached hydrogens (tertiary/aromatic N) is 3. The van der Waals surface area contributed by atoms with E-state index in [0.29, 0.717) is 25.9 Å². The standard InChI is InChI=1S/C20H21Cl2N3O2S2.ClH/c1-12-9-15-16(10-13(12)2)28-20(23-15)25(4-3-24-5-7-27-8-6-24)19(26)14-11-17(21)29-18(14)22;/h9-11H,3-8H2,1-2H3;1H. The molecule has 0 bridgehead atoms. The number of rotatable bonds is 5. The van der Waals surface area contributed by atoms with Gasteiger partial charge in [0.15, 0.2) is 5.13 Å². The van der Waals surface area contributed by atoms with Crippen LogP contribution in [-0.4, -0.2) is 55.2 Å². The van der Waals surface area contributed by atoms with Crippen molar-refractivity contribution in [2.45, 2.75) is 13.8 Å². The van der Waals surface area contributed by atoms with Crippen LogP contribution in [-0.2, 0) is 4.74 Å². The summed E-state index contributed by atoms with van der Waals surface area (Å²) in [4.78, 5) is 22.2. The maximum absolute atomic E-state index is 13.4. The van der Waals surface area contributed by atoms with Crippen LogP contribution in [0.1, 0.15) is 21.5 Å². The van der Waals surface area contributed by atoms with Gasteiger partial charge in [-0.25, -0.2) is 4.98 Å². The van der Waals surface area contributed by atoms with Gasteiger partial charge in [0, 0.05) is 26.2 Å². The summed E-state index contributed by atoms with van der Waals surface area (Å²) < 4.78 is 7.41. The lowest BCUT2D eigenvalue weighted by atomic mass is 10.1. The molecular weight excluding hydrogens is 485 g/mol. The Morgan fingerprint density at radius 2 is 1.87 bits per heavy atom. The average molecular weight is 507 g/mol. The third-order valence-corrected chi connectivity index (χ3v) is 7.63. The number of anilines is 1. The zero-order valence-electron chi connectivity index (χ0n) is 16.6. The van der Waals surface area contributed by atoms with E-state index in [2.05, 4.69) is 30.9 Å². The number of halogens is 3. The molecule has 5 nitrogen and oxygen atoms in total. The van der Waals surface area contributed by atoms with E-state index in [4.69, 9.17) is 32.9 Å². The van der Waals surface area contributed by atoms with Gasteiger partial charge >= 0.3 is 0 Å². The maximum atomic E-state index is 13.4. The van der Waals surface area contributed by atoms with Gasteiger partial charge in [0.1, 0.15) is 4.34 Å². The van der Waals surface area contributed by atoms with E-state index < -0.39 is 0 Å². The van der Waals surface area contributed by atoms with Crippen molar-refractivity contribution < 1.29 is 9.53 Å². The monoisotopic (exact) mass is 505 g/mol. The molecule has 3 aromatic rings. The summed E-state index contributed by atoms with van der Waals surface area (Å²) in [6, 6.07) is 5.84. The van der Waals surface area contributed by atoms with Crippen molar-refractivity contribution >= 4 is 79.5 Å². The molecule has 1 fully saturated rings. The van der Waals surface area contributed by atoms with Crippen LogP contribution >= 0.6 is 58.3 Å². The second-order valence-electron chi connectivity index (χ2n) is 7.05. The van der Waals surface area contributed by atoms with E-state index in [-0.39, 0.29) is 18.3 Å². The summed E-state index contributed by atoms with van der Waals surface area (Å²) in [5.74, 6) is -0.168. The Hall–Kier alpha value is -0.930. The molecule has 30 heavy (non-hydrogen) atoms. The first-order valence-corrected chi connectivity index (χ1v) is 11.8. The first-order valence-electron chi connectivity index (χ1n) is 9.37. The zero-order chi connectivity index (χ0) is 20.5. The van der Waals surface area contributed by atoms with E-state index in [1.807, 2.05) is 0 Å². The van der Waals surface area contributed by atoms with Crippen LogP contribution in [0.5, 0.6) is 0 Å². The van der Waals surface area contributed by atoms with Crippen molar-refractivity contribution in [2.24, 2.45) is 0 Å². The molecule has 1 aliphatic rings. The highest BCUT2D eigenvalue weighted by molar-refractivity contribution is 7.22. The van der Waals surface area contributed by atoms with Gasteiger partial charge in [0.05, 0.1) is 33.3 Å². The highest BCUT2D eigenvalue weighted by Crippen LogP contribution is 2.35. The first-order chi connectivity index (χ1) is 13.9. The van der Waals surface area contributed by atoms with Gasteiger partial charge < -0.3 is 4.74 Å². The molecule has 0 saturated carbocycles. The molecule has 1 saturated heterocycles. The first kappa shape index (κ1) is 23.7. The summed E-state index contributed by atoms with van der Waals surface area (Å²) in [6.45, 7) is 8.61. The summed E-state index contributed by atoms with van der Waals surface area (Å²) >= 11 is 15.1. The van der Waals surface area contributed by atoms with Gasteiger partial charge in [-0.1, -0.05) is 34.5 Å². The van der Waals surface area contributed by atoms with E-state index in [0.717, 1.165) is 43.1 Å². The number of ether oxygens (including phenoxy) is 1. The van der Waals surface area contributed by atoms with E-state index in [1.54, 1.807) is 11.0 Å². The molecule has 0 atom stereocenters. The number of morpholine rings is 1. The van der Waals surface area contributed by atoms with E-state index >= 15 is 0 Å². The molecule has 2 aromatic heterocycles. The van der Waals surface area contributed by atoms with Crippen LogP contribution in [0.3, 0.4) is 0 Å². The average Bonchev–Trinajstić information content (AvgIpc) is 3.25. The summed E-state index contributed by atoms with van der Waals surface area (Å²) in [6.07, 6.45) is 0. The Kier molecular flexibility index (Phi) is 8.01. The highest BCUT2D eigenvalue weighted by Gasteiger charge is 2.26. The van der Waals surface area contributed by atoms with Crippen LogP contribution in [0.2, 0.25) is 8.67 Å². The van der Waals surface area contributed by atoms with Gasteiger partial charge in [-0.05, 0) is 43.2 Å². The number of aromatic nitrogens is 1. The lowest BCUT2D eigenvalue weighted by Crippen LogP contribution is -2.43. The van der Waals surface area contributed by atoms with Crippen LogP contribution in [0.4, 0.5) is 5.13 Å². The van der Waals surface area contributed by atoms with E-state index in [1.165, 1.54) is 33.8 Å². The number of benzene rings is 1. The minimum absolute atomic E-state index is 0. The predicted molar refractivity (Wildman–Crippen MR) is 130 cm³/mol. The number of carbonyl (C=O) groups excluding carboxylic acids is 1. The van der Waals surface area contributed by atoms with Crippen molar-refractivity contribution in [2.75, 3.05) is 44.3 Å². The molecule has 10 heteroatoms. The molecule has 1 aromatic carbocycles. The number of fused-ring (bicyclic) bond motifs is 1. The summed E-state index contributed by atoms with van der Waals surface area (Å²) in [5, 5.41) is 0.682. The van der Waals surface area contributed by atoms with Crippen molar-refractivity contribution in [1.82, 2.24) is 9.88 Å². The number of hydrogen-bond acceptors (Lipinski definition) is 6. The second kappa shape index (κ2) is 10.1. The molecule has 0 unspecified atom stereocenters. The largest absolute Gasteiger partial charge is 0.379 e. The third kappa shape index (κ3) is 5.10. The number of thiophene rings is 1. The zero-order valence-corrected chi connectivity index (χ0v) is 20.6. The lowest BCUT2D eigenvalue weighted by molar-refractivity contribution is 0.0391. The molecule has 4 rings (SSSR count). The molecule has 0 aliphatic carbocycles. The van der Waals surface area contributed by atoms with Crippen LogP contribution in [0.25, 0.3) is 10.2 Å². The quantitative estimate of drug-likeness (QED) is 0.446. The highest BCUT2D eigenvalue weighted by atomic mass is 35.5. The smallest absolute Gasteiger partial charge is 0.262 e. The Bertz CT molecular complexity index is 1010. The predicted octanol–water partition coefficient (Wildman–Crippen LogP) is 5.68. The topological polar surface area (TPSA) is 45.7 Å². The van der Waals surface area contributed by atoms with Gasteiger partial charge in [0.2, 0.25) is 0 Å². The molecule has 0 radical (unpaired) electrons. The van der Waals surface area contributed by atoms with Gasteiger partial charge in [0.25, 0.3) is 5.91 Å². The maximum Gasteiger partial charge on any atom is 0.262 e. The number of aryl methyl sites for hydroxylation is 2. The fourth-order valence-electron chi connectivity index (χ4n) is 3.26. The molecule has 1 aliphatic heterocycles. The Morgan fingerprint density at radius 3 is 2.53 bits per heavy atom. The lowest BCUT2D eigenvalue weighted by Gasteiger charge is -2.29. The van der Waals surface area contributed by atoms with Crippen molar-refractivity contribution in [3.05, 3.63) is 43.6 Å². The number of amides is 1. The van der Waals surface area contributed by atoms with E-state index in [9.17, 15) is 4.79 Å². The molecule has 0 spiro atoms. The molecule has 1 amide bonds. The van der Waals surface area contributed by atoms with Gasteiger partial charge in [-0.3, -0.25) is 14.6 Å². The number of thiazole rings is 1. The van der Waals surface area contributed by atoms with Crippen molar-refractivity contribution in [1.29, 1.82) is 0 Å². The Balaban J connectivity index is 0.00000256. The SMILES string of the molecule is Cc1cc2nc(N(CCN3CCOCC3)C(=O)c3cc(Cl)sc3Cl)sc2cc1C.Cl. The van der Waals surface area contributed by atoms with Gasteiger partial charge in [-0.2, -0.15) is 0 Å². The van der Waals surface area contributed by atoms with Crippen LogP contribution in [0, 0.1) is 13.8 Å². The number of carbonyl (C=O) groups is 1. The van der Waals surface area contributed by atoms with Crippen LogP contribution in [0.15, 0.2) is 18.2 Å². The van der Waals surface area contributed by atoms with Crippen molar-refractivity contribution in [3.8, 4) is 0 Å². The molecule has 162 valence electrons. The number of hydrogen-bond donors (Lipinski definition) is 0. The molecule has 3 heterocycles. The van der Waals surface area contributed by atoms with Crippen molar-refractivity contribution in [3.63, 3.8) is 0 Å². The Morgan fingerprint density at radius 1 is 1.17 bits per heavy atom. The fraction of sp³-hybridized carbons (Fsp3) is 0.400. The second-order valence-corrected chi connectivity index (χ2v) is 10.3. The normalized spacial score (nSPS) is 14.7. The Labute approximate surface area is 200 Å². The minimum atomic E-state index is -0.168. The molecule has 0 N–H and O–H groups in total. The fourth-order valence-corrected chi connectivity index (χ4v) is 5.78. The molecular formula is C20H22Cl3N3O2S2. The summed E-state index contributed by atoms with van der Waals surface area (Å²) in [5.41, 5.74) is 3.74. The summed E-state index contributed by atoms with van der Waals surface area (Å²) in [7, 11) is 0.